The van der Waals surface area contributed by atoms with Gasteiger partial charge in [-0.25, -0.2) is 10.1 Å². The number of H-pyrrole nitrogens is 2. The van der Waals surface area contributed by atoms with Gasteiger partial charge in [0.05, 0.1) is 22.9 Å². The van der Waals surface area contributed by atoms with E-state index in [1.165, 1.54) is 0 Å². The number of para-hydroxylation sites is 2. The Morgan fingerprint density at radius 1 is 1.22 bits per heavy atom. The number of imidazole rings is 1. The summed E-state index contributed by atoms with van der Waals surface area (Å²) in [5.74, 6) is 1.44. The highest BCUT2D eigenvalue weighted by Gasteiger charge is 2.25. The third-order valence-electron chi connectivity index (χ3n) is 4.41. The van der Waals surface area contributed by atoms with E-state index in [1.807, 2.05) is 24.3 Å². The highest BCUT2D eigenvalue weighted by Crippen LogP contribution is 2.31. The van der Waals surface area contributed by atoms with E-state index < -0.39 is 0 Å². The van der Waals surface area contributed by atoms with Gasteiger partial charge in [-0.05, 0) is 25.0 Å². The number of benzene rings is 1. The molecule has 0 bridgehead atoms. The molecule has 1 aliphatic rings. The monoisotopic (exact) mass is 329 g/mol. The molecule has 1 aromatic carbocycles. The van der Waals surface area contributed by atoms with E-state index in [9.17, 15) is 4.79 Å². The van der Waals surface area contributed by atoms with Gasteiger partial charge in [0, 0.05) is 19.0 Å². The number of piperidine rings is 1. The van der Waals surface area contributed by atoms with Crippen LogP contribution in [-0.2, 0) is 0 Å². The maximum Gasteiger partial charge on any atom is 0.285 e. The Kier molecular flexibility index (Phi) is 3.53. The predicted octanol–water partition coefficient (Wildman–Crippen LogP) is 2.68. The quantitative estimate of drug-likeness (QED) is 0.757. The first-order chi connectivity index (χ1) is 11.2. The molecule has 23 heavy (non-hydrogen) atoms. The van der Waals surface area contributed by atoms with Crippen molar-refractivity contribution in [3.8, 4) is 0 Å². The molecule has 0 radical (unpaired) electrons. The van der Waals surface area contributed by atoms with Gasteiger partial charge in [0.2, 0.25) is 0 Å². The highest BCUT2D eigenvalue weighted by atomic mass is 35.5. The Bertz CT molecular complexity index is 862. The molecule has 0 unspecified atom stereocenters. The van der Waals surface area contributed by atoms with Crippen molar-refractivity contribution in [3.05, 3.63) is 51.7 Å². The Morgan fingerprint density at radius 2 is 2.00 bits per heavy atom. The number of nitrogens with zero attached hydrogens (tertiary/aromatic N) is 3. The van der Waals surface area contributed by atoms with Gasteiger partial charge in [-0.15, -0.1) is 0 Å². The van der Waals surface area contributed by atoms with Crippen molar-refractivity contribution in [1.82, 2.24) is 20.2 Å². The van der Waals surface area contributed by atoms with Crippen LogP contribution >= 0.6 is 11.6 Å². The lowest BCUT2D eigenvalue weighted by atomic mass is 9.96. The van der Waals surface area contributed by atoms with E-state index in [2.05, 4.69) is 20.1 Å². The lowest BCUT2D eigenvalue weighted by Gasteiger charge is -2.32. The van der Waals surface area contributed by atoms with Crippen LogP contribution in [0.2, 0.25) is 5.02 Å². The molecule has 4 rings (SSSR count). The van der Waals surface area contributed by atoms with Crippen molar-refractivity contribution in [3.63, 3.8) is 0 Å². The van der Waals surface area contributed by atoms with Crippen molar-refractivity contribution in [2.45, 2.75) is 18.8 Å². The number of aromatic nitrogens is 4. The molecule has 6 nitrogen and oxygen atoms in total. The highest BCUT2D eigenvalue weighted by molar-refractivity contribution is 6.32. The standard InChI is InChI=1S/C16H16ClN5O/c17-14-13(9-18-21-16(14)23)22-7-5-10(6-8-22)15-19-11-3-1-2-4-12(11)20-15/h1-4,9-10H,5-8H2,(H,19,20)(H,21,23). The first-order valence-corrected chi connectivity index (χ1v) is 8.03. The van der Waals surface area contributed by atoms with Crippen LogP contribution in [0.25, 0.3) is 11.0 Å². The van der Waals surface area contributed by atoms with Crippen molar-refractivity contribution in [2.75, 3.05) is 18.0 Å². The van der Waals surface area contributed by atoms with Crippen LogP contribution in [0.3, 0.4) is 0 Å². The molecule has 0 atom stereocenters. The Balaban J connectivity index is 1.52. The van der Waals surface area contributed by atoms with Gasteiger partial charge in [-0.3, -0.25) is 4.79 Å². The number of nitrogens with one attached hydrogen (secondary N) is 2. The van der Waals surface area contributed by atoms with Gasteiger partial charge in [0.1, 0.15) is 10.8 Å². The zero-order valence-corrected chi connectivity index (χ0v) is 13.2. The van der Waals surface area contributed by atoms with Crippen molar-refractivity contribution in [2.24, 2.45) is 0 Å². The summed E-state index contributed by atoms with van der Waals surface area (Å²) in [6, 6.07) is 8.07. The van der Waals surface area contributed by atoms with E-state index in [0.717, 1.165) is 42.8 Å². The summed E-state index contributed by atoms with van der Waals surface area (Å²) in [4.78, 5) is 21.8. The Hall–Kier alpha value is -2.34. The summed E-state index contributed by atoms with van der Waals surface area (Å²) in [7, 11) is 0. The van der Waals surface area contributed by atoms with E-state index >= 15 is 0 Å². The van der Waals surface area contributed by atoms with Gasteiger partial charge in [0.15, 0.2) is 0 Å². The minimum atomic E-state index is -0.344. The largest absolute Gasteiger partial charge is 0.369 e. The SMILES string of the molecule is O=c1[nH]ncc(N2CCC(c3nc4ccccc4[nH]3)CC2)c1Cl. The summed E-state index contributed by atoms with van der Waals surface area (Å²) >= 11 is 6.09. The number of halogens is 1. The van der Waals surface area contributed by atoms with Crippen LogP contribution in [0.15, 0.2) is 35.3 Å². The topological polar surface area (TPSA) is 77.7 Å². The second-order valence-corrected chi connectivity index (χ2v) is 6.18. The fourth-order valence-electron chi connectivity index (χ4n) is 3.15. The zero-order chi connectivity index (χ0) is 15.8. The first-order valence-electron chi connectivity index (χ1n) is 7.65. The second kappa shape index (κ2) is 5.70. The molecule has 0 saturated carbocycles. The average molecular weight is 330 g/mol. The minimum absolute atomic E-state index is 0.210. The lowest BCUT2D eigenvalue weighted by molar-refractivity contribution is 0.489. The molecule has 3 heterocycles. The maximum absolute atomic E-state index is 11.6. The molecule has 2 aromatic heterocycles. The molecular formula is C16H16ClN5O. The molecule has 7 heteroatoms. The molecule has 0 amide bonds. The predicted molar refractivity (Wildman–Crippen MR) is 90.1 cm³/mol. The molecule has 118 valence electrons. The summed E-state index contributed by atoms with van der Waals surface area (Å²) in [6.07, 6.45) is 3.54. The van der Waals surface area contributed by atoms with Crippen LogP contribution in [0.1, 0.15) is 24.6 Å². The fraction of sp³-hybridized carbons (Fsp3) is 0.312. The number of aromatic amines is 2. The molecule has 1 saturated heterocycles. The Labute approximate surface area is 137 Å². The van der Waals surface area contributed by atoms with Crippen molar-refractivity contribution < 1.29 is 0 Å². The molecule has 3 aromatic rings. The third kappa shape index (κ3) is 2.59. The van der Waals surface area contributed by atoms with Gasteiger partial charge in [-0.2, -0.15) is 5.10 Å². The lowest BCUT2D eigenvalue weighted by Crippen LogP contribution is -2.34. The van der Waals surface area contributed by atoms with Crippen LogP contribution in [0.5, 0.6) is 0 Å². The summed E-state index contributed by atoms with van der Waals surface area (Å²) in [5, 5.41) is 6.40. The zero-order valence-electron chi connectivity index (χ0n) is 12.4. The van der Waals surface area contributed by atoms with Crippen molar-refractivity contribution in [1.29, 1.82) is 0 Å². The molecule has 1 fully saturated rings. The van der Waals surface area contributed by atoms with Crippen molar-refractivity contribution >= 4 is 28.3 Å². The maximum atomic E-state index is 11.6. The van der Waals surface area contributed by atoms with E-state index in [-0.39, 0.29) is 10.6 Å². The molecule has 1 aliphatic heterocycles. The first kappa shape index (κ1) is 14.3. The van der Waals surface area contributed by atoms with Gasteiger partial charge in [0.25, 0.3) is 5.56 Å². The van der Waals surface area contributed by atoms with Crippen LogP contribution < -0.4 is 10.5 Å². The van der Waals surface area contributed by atoms with E-state index in [0.29, 0.717) is 11.6 Å². The van der Waals surface area contributed by atoms with Crippen LogP contribution in [0, 0.1) is 0 Å². The average Bonchev–Trinajstić information content (AvgIpc) is 3.02. The number of fused-ring (bicyclic) bond motifs is 1. The summed E-state index contributed by atoms with van der Waals surface area (Å²) in [5.41, 5.74) is 2.44. The summed E-state index contributed by atoms with van der Waals surface area (Å²) < 4.78 is 0. The number of anilines is 1. The van der Waals surface area contributed by atoms with Gasteiger partial charge < -0.3 is 9.88 Å². The molecule has 0 aliphatic carbocycles. The smallest absolute Gasteiger partial charge is 0.285 e. The van der Waals surface area contributed by atoms with Crippen LogP contribution in [0.4, 0.5) is 5.69 Å². The van der Waals surface area contributed by atoms with Crippen LogP contribution in [-0.4, -0.2) is 33.3 Å². The Morgan fingerprint density at radius 3 is 2.78 bits per heavy atom. The summed E-state index contributed by atoms with van der Waals surface area (Å²) in [6.45, 7) is 1.65. The molecule has 0 spiro atoms. The van der Waals surface area contributed by atoms with E-state index in [4.69, 9.17) is 16.6 Å². The minimum Gasteiger partial charge on any atom is -0.369 e. The van der Waals surface area contributed by atoms with Gasteiger partial charge in [-0.1, -0.05) is 23.7 Å². The van der Waals surface area contributed by atoms with E-state index in [1.54, 1.807) is 6.20 Å². The number of hydrogen-bond donors (Lipinski definition) is 2. The fourth-order valence-corrected chi connectivity index (χ4v) is 3.36. The number of hydrogen-bond acceptors (Lipinski definition) is 4. The molecule has 2 N–H and O–H groups in total. The molecular weight excluding hydrogens is 314 g/mol. The normalized spacial score (nSPS) is 16.1. The van der Waals surface area contributed by atoms with Gasteiger partial charge >= 0.3 is 0 Å². The second-order valence-electron chi connectivity index (χ2n) is 5.80. The number of rotatable bonds is 2. The third-order valence-corrected chi connectivity index (χ3v) is 4.77.